The molecule has 170 valence electrons. The maximum Gasteiger partial charge on any atom is 0.240 e. The molecule has 0 aliphatic carbocycles. The lowest BCUT2D eigenvalue weighted by atomic mass is 10.2. The molecule has 0 radical (unpaired) electrons. The molecule has 0 unspecified atom stereocenters. The fourth-order valence-electron chi connectivity index (χ4n) is 3.52. The van der Waals surface area contributed by atoms with Crippen LogP contribution in [-0.4, -0.2) is 31.1 Å². The first-order chi connectivity index (χ1) is 16.1. The molecule has 0 spiro atoms. The van der Waals surface area contributed by atoms with Gasteiger partial charge in [0.15, 0.2) is 0 Å². The van der Waals surface area contributed by atoms with Gasteiger partial charge in [-0.05, 0) is 55.8 Å². The van der Waals surface area contributed by atoms with Gasteiger partial charge in [0.05, 0.1) is 6.21 Å². The van der Waals surface area contributed by atoms with Gasteiger partial charge < -0.3 is 4.90 Å². The number of amides is 2. The van der Waals surface area contributed by atoms with E-state index in [4.69, 9.17) is 0 Å². The van der Waals surface area contributed by atoms with Crippen LogP contribution in [0.15, 0.2) is 90.0 Å². The number of hydrazone groups is 1. The lowest BCUT2D eigenvalue weighted by Crippen LogP contribution is -2.27. The molecule has 3 aromatic rings. The van der Waals surface area contributed by atoms with E-state index in [1.165, 1.54) is 0 Å². The zero-order valence-corrected chi connectivity index (χ0v) is 19.1. The van der Waals surface area contributed by atoms with Gasteiger partial charge >= 0.3 is 0 Å². The van der Waals surface area contributed by atoms with Crippen LogP contribution in [0.5, 0.6) is 0 Å². The molecule has 0 bridgehead atoms. The number of nitrogens with zero attached hydrogens (tertiary/aromatic N) is 3. The highest BCUT2D eigenvalue weighted by atomic mass is 16.2. The normalized spacial score (nSPS) is 10.7. The fraction of sp³-hybridized carbons (Fsp3) is 0.222. The number of para-hydroxylation sites is 2. The Labute approximate surface area is 195 Å². The molecule has 33 heavy (non-hydrogen) atoms. The topological polar surface area (TPSA) is 65.0 Å². The maximum absolute atomic E-state index is 13.0. The van der Waals surface area contributed by atoms with Gasteiger partial charge in [0, 0.05) is 43.0 Å². The average Bonchev–Trinajstić information content (AvgIpc) is 2.86. The van der Waals surface area contributed by atoms with Crippen molar-refractivity contribution in [3.05, 3.63) is 90.5 Å². The molecule has 0 saturated carbocycles. The van der Waals surface area contributed by atoms with Crippen LogP contribution in [0.25, 0.3) is 0 Å². The van der Waals surface area contributed by atoms with Crippen LogP contribution in [0, 0.1) is 0 Å². The van der Waals surface area contributed by atoms with Crippen molar-refractivity contribution in [3.63, 3.8) is 0 Å². The summed E-state index contributed by atoms with van der Waals surface area (Å²) in [4.78, 5) is 29.1. The molecule has 2 amide bonds. The molecule has 0 aromatic heterocycles. The molecule has 3 rings (SSSR count). The zero-order chi connectivity index (χ0) is 23.5. The summed E-state index contributed by atoms with van der Waals surface area (Å²) in [6, 6.07) is 26.8. The second-order valence-electron chi connectivity index (χ2n) is 7.46. The largest absolute Gasteiger partial charge is 0.372 e. The summed E-state index contributed by atoms with van der Waals surface area (Å²) in [5.41, 5.74) is 6.09. The van der Waals surface area contributed by atoms with Crippen molar-refractivity contribution in [3.8, 4) is 0 Å². The minimum atomic E-state index is -0.305. The molecule has 0 aliphatic heterocycles. The Hall–Kier alpha value is -3.93. The highest BCUT2D eigenvalue weighted by molar-refractivity contribution is 6.01. The van der Waals surface area contributed by atoms with Crippen LogP contribution in [0.4, 0.5) is 17.1 Å². The molecule has 0 atom stereocenters. The Bertz CT molecular complexity index is 1010. The number of carbonyl (C=O) groups excluding carboxylic acids is 2. The lowest BCUT2D eigenvalue weighted by Gasteiger charge is -2.23. The Morgan fingerprint density at radius 2 is 1.30 bits per heavy atom. The summed E-state index contributed by atoms with van der Waals surface area (Å²) in [5, 5.41) is 4.03. The molecule has 0 heterocycles. The van der Waals surface area contributed by atoms with Crippen molar-refractivity contribution >= 4 is 35.1 Å². The standard InChI is InChI=1S/C27H30N4O2/c1-3-30(4-2)23-17-15-22(16-18-23)21-28-29-26(32)19-20-27(33)31(24-11-7-5-8-12-24)25-13-9-6-10-14-25/h5-18,21H,3-4,19-20H2,1-2H3,(H,29,32). The number of hydrogen-bond acceptors (Lipinski definition) is 4. The summed E-state index contributed by atoms with van der Waals surface area (Å²) in [5.74, 6) is -0.459. The highest BCUT2D eigenvalue weighted by Crippen LogP contribution is 2.26. The molecule has 6 heteroatoms. The second-order valence-corrected chi connectivity index (χ2v) is 7.46. The third-order valence-corrected chi connectivity index (χ3v) is 5.27. The van der Waals surface area contributed by atoms with E-state index in [2.05, 4.69) is 29.3 Å². The van der Waals surface area contributed by atoms with Gasteiger partial charge in [-0.15, -0.1) is 0 Å². The van der Waals surface area contributed by atoms with Crippen molar-refractivity contribution in [2.45, 2.75) is 26.7 Å². The van der Waals surface area contributed by atoms with Gasteiger partial charge in [0.25, 0.3) is 0 Å². The number of anilines is 3. The van der Waals surface area contributed by atoms with Crippen LogP contribution < -0.4 is 15.2 Å². The van der Waals surface area contributed by atoms with Crippen molar-refractivity contribution in [1.29, 1.82) is 0 Å². The van der Waals surface area contributed by atoms with E-state index in [0.717, 1.165) is 35.7 Å². The summed E-state index contributed by atoms with van der Waals surface area (Å²) in [6.07, 6.45) is 1.73. The Morgan fingerprint density at radius 1 is 0.758 bits per heavy atom. The third-order valence-electron chi connectivity index (χ3n) is 5.27. The Balaban J connectivity index is 1.55. The molecule has 3 aromatic carbocycles. The number of hydrogen-bond donors (Lipinski definition) is 1. The summed E-state index contributed by atoms with van der Waals surface area (Å²) < 4.78 is 0. The summed E-state index contributed by atoms with van der Waals surface area (Å²) in [6.45, 7) is 6.14. The predicted molar refractivity (Wildman–Crippen MR) is 135 cm³/mol. The van der Waals surface area contributed by atoms with Gasteiger partial charge in [-0.1, -0.05) is 48.5 Å². The fourth-order valence-corrected chi connectivity index (χ4v) is 3.52. The first-order valence-electron chi connectivity index (χ1n) is 11.2. The molecule has 0 aliphatic rings. The summed E-state index contributed by atoms with van der Waals surface area (Å²) in [7, 11) is 0. The minimum Gasteiger partial charge on any atom is -0.372 e. The smallest absolute Gasteiger partial charge is 0.240 e. The molecular weight excluding hydrogens is 412 g/mol. The molecule has 1 N–H and O–H groups in total. The highest BCUT2D eigenvalue weighted by Gasteiger charge is 2.18. The maximum atomic E-state index is 13.0. The van der Waals surface area contributed by atoms with E-state index in [1.807, 2.05) is 84.9 Å². The monoisotopic (exact) mass is 442 g/mol. The van der Waals surface area contributed by atoms with Crippen LogP contribution in [-0.2, 0) is 9.59 Å². The molecule has 0 saturated heterocycles. The molecular formula is C27H30N4O2. The van der Waals surface area contributed by atoms with Crippen LogP contribution in [0.3, 0.4) is 0 Å². The average molecular weight is 443 g/mol. The lowest BCUT2D eigenvalue weighted by molar-refractivity contribution is -0.124. The van der Waals surface area contributed by atoms with E-state index in [9.17, 15) is 9.59 Å². The van der Waals surface area contributed by atoms with Crippen molar-refractivity contribution in [2.75, 3.05) is 22.9 Å². The van der Waals surface area contributed by atoms with Crippen molar-refractivity contribution in [2.24, 2.45) is 5.10 Å². The van der Waals surface area contributed by atoms with E-state index in [-0.39, 0.29) is 24.7 Å². The molecule has 6 nitrogen and oxygen atoms in total. The van der Waals surface area contributed by atoms with Gasteiger partial charge in [-0.25, -0.2) is 5.43 Å². The number of nitrogens with one attached hydrogen (secondary N) is 1. The Kier molecular flexibility index (Phi) is 8.77. The first kappa shape index (κ1) is 23.7. The van der Waals surface area contributed by atoms with Gasteiger partial charge in [-0.3, -0.25) is 14.5 Å². The van der Waals surface area contributed by atoms with E-state index < -0.39 is 0 Å². The number of carbonyl (C=O) groups is 2. The van der Waals surface area contributed by atoms with Crippen LogP contribution >= 0.6 is 0 Å². The van der Waals surface area contributed by atoms with Gasteiger partial charge in [0.2, 0.25) is 11.8 Å². The summed E-state index contributed by atoms with van der Waals surface area (Å²) >= 11 is 0. The van der Waals surface area contributed by atoms with E-state index in [0.29, 0.717) is 0 Å². The minimum absolute atomic E-state index is 0.0488. The SMILES string of the molecule is CCN(CC)c1ccc(C=NNC(=O)CCC(=O)N(c2ccccc2)c2ccccc2)cc1. The Morgan fingerprint density at radius 3 is 1.82 bits per heavy atom. The van der Waals surface area contributed by atoms with E-state index >= 15 is 0 Å². The van der Waals surface area contributed by atoms with Gasteiger partial charge in [0.1, 0.15) is 0 Å². The number of rotatable bonds is 10. The quantitative estimate of drug-likeness (QED) is 0.350. The van der Waals surface area contributed by atoms with Crippen molar-refractivity contribution in [1.82, 2.24) is 5.43 Å². The number of benzene rings is 3. The van der Waals surface area contributed by atoms with Crippen LogP contribution in [0.1, 0.15) is 32.3 Å². The van der Waals surface area contributed by atoms with E-state index in [1.54, 1.807) is 11.1 Å². The first-order valence-corrected chi connectivity index (χ1v) is 11.2. The zero-order valence-electron chi connectivity index (χ0n) is 19.1. The predicted octanol–water partition coefficient (Wildman–Crippen LogP) is 5.13. The van der Waals surface area contributed by atoms with Crippen LogP contribution in [0.2, 0.25) is 0 Å². The van der Waals surface area contributed by atoms with Gasteiger partial charge in [-0.2, -0.15) is 5.10 Å². The molecule has 0 fully saturated rings. The third kappa shape index (κ3) is 6.77. The van der Waals surface area contributed by atoms with Crippen molar-refractivity contribution < 1.29 is 9.59 Å². The second kappa shape index (κ2) is 12.2.